The molecule has 6 aromatic rings. The van der Waals surface area contributed by atoms with E-state index in [1.165, 1.54) is 31.7 Å². The molecule has 2 saturated heterocycles. The van der Waals surface area contributed by atoms with Crippen LogP contribution < -0.4 is 15.1 Å². The number of carbonyl (C=O) groups is 2. The van der Waals surface area contributed by atoms with Gasteiger partial charge >= 0.3 is 18.3 Å². The van der Waals surface area contributed by atoms with Gasteiger partial charge in [0.15, 0.2) is 23.5 Å². The van der Waals surface area contributed by atoms with Gasteiger partial charge < -0.3 is 25.1 Å². The number of aliphatic carboxylic acids is 1. The molecule has 2 N–H and O–H groups in total. The second-order valence-electron chi connectivity index (χ2n) is 15.3. The van der Waals surface area contributed by atoms with Crippen molar-refractivity contribution >= 4 is 69.7 Å². The number of hydrogen-bond acceptors (Lipinski definition) is 7. The summed E-state index contributed by atoms with van der Waals surface area (Å²) in [6.45, 7) is 9.06. The Kier molecular flexibility index (Phi) is 16.8. The molecule has 1 amide bonds. The van der Waals surface area contributed by atoms with Gasteiger partial charge in [0.2, 0.25) is 0 Å². The molecule has 0 bridgehead atoms. The lowest BCUT2D eigenvalue weighted by Gasteiger charge is -2.37. The zero-order valence-corrected chi connectivity index (χ0v) is 38.9. The molecule has 0 spiro atoms. The minimum absolute atomic E-state index is 0.0553. The Morgan fingerprint density at radius 2 is 0.940 bits per heavy atom. The van der Waals surface area contributed by atoms with Crippen molar-refractivity contribution in [1.82, 2.24) is 29.8 Å². The van der Waals surface area contributed by atoms with Gasteiger partial charge in [-0.1, -0.05) is 107 Å². The van der Waals surface area contributed by atoms with Crippen LogP contribution >= 0.6 is 46.4 Å². The van der Waals surface area contributed by atoms with Gasteiger partial charge in [-0.3, -0.25) is 9.48 Å². The Morgan fingerprint density at radius 3 is 1.31 bits per heavy atom. The number of amides is 1. The molecule has 2 atom stereocenters. The van der Waals surface area contributed by atoms with Gasteiger partial charge in [0.1, 0.15) is 0 Å². The van der Waals surface area contributed by atoms with Gasteiger partial charge in [-0.2, -0.15) is 36.5 Å². The first-order chi connectivity index (χ1) is 31.8. The summed E-state index contributed by atoms with van der Waals surface area (Å²) >= 11 is 23.4. The number of hydrogen-bond donors (Lipinski definition) is 2. The van der Waals surface area contributed by atoms with Crippen LogP contribution in [0.3, 0.4) is 0 Å². The molecule has 0 aliphatic carbocycles. The Hall–Kier alpha value is -5.46. The smallest absolute Gasteiger partial charge is 0.436 e. The minimum atomic E-state index is -4.74. The summed E-state index contributed by atoms with van der Waals surface area (Å²) in [5, 5.41) is 20.1. The van der Waals surface area contributed by atoms with Crippen LogP contribution in [0.25, 0.3) is 0 Å². The molecular weight excluding hydrogens is 968 g/mol. The maximum absolute atomic E-state index is 13.6. The van der Waals surface area contributed by atoms with E-state index in [9.17, 15) is 41.0 Å². The largest absolute Gasteiger partial charge is 0.479 e. The zero-order valence-electron chi connectivity index (χ0n) is 35.9. The van der Waals surface area contributed by atoms with E-state index in [0.29, 0.717) is 42.3 Å². The normalized spacial score (nSPS) is 15.2. The predicted octanol–water partition coefficient (Wildman–Crippen LogP) is 10.7. The van der Waals surface area contributed by atoms with E-state index in [4.69, 9.17) is 46.4 Å². The van der Waals surface area contributed by atoms with Gasteiger partial charge in [-0.15, -0.1) is 0 Å². The number of benzene rings is 4. The molecule has 356 valence electrons. The molecule has 2 aliphatic heterocycles. The Labute approximate surface area is 402 Å². The summed E-state index contributed by atoms with van der Waals surface area (Å²) in [5.41, 5.74) is 0.666. The molecule has 2 aromatic heterocycles. The summed E-state index contributed by atoms with van der Waals surface area (Å²) in [6, 6.07) is 29.6. The molecule has 8 rings (SSSR count). The van der Waals surface area contributed by atoms with E-state index >= 15 is 0 Å². The fourth-order valence-corrected chi connectivity index (χ4v) is 8.21. The van der Waals surface area contributed by atoms with Crippen molar-refractivity contribution in [1.29, 1.82) is 0 Å². The number of nitrogens with one attached hydrogen (secondary N) is 1. The third-order valence-corrected chi connectivity index (χ3v) is 12.4. The topological polar surface area (TPSA) is 112 Å². The number of anilines is 2. The maximum Gasteiger partial charge on any atom is 0.436 e. The maximum atomic E-state index is 13.6. The van der Waals surface area contributed by atoms with Crippen LogP contribution in [-0.4, -0.2) is 93.8 Å². The average Bonchev–Trinajstić information content (AvgIpc) is 3.78. The van der Waals surface area contributed by atoms with E-state index in [1.807, 2.05) is 36.4 Å². The van der Waals surface area contributed by atoms with E-state index in [1.54, 1.807) is 53.4 Å². The Bertz CT molecular complexity index is 2580. The fraction of sp³-hybridized carbons (Fsp3) is 0.304. The van der Waals surface area contributed by atoms with Crippen molar-refractivity contribution in [2.24, 2.45) is 0 Å². The standard InChI is InChI=1S/C23H21Cl2F3N4O.C13H10ClF3N2O2.C10H13ClN2/c1-15-19(25)21(23(26,27)28)29-32(15)20(16-5-3-2-4-6-16)22(33)31-13-11-30(12-14-31)18-9-7-17(24)8-10-18;1-7-9(14)11(13(15,16)17)18-19(7)10(12(20)21)8-5-3-2-4-6-8;11-9-1-3-10(4-2-9)13-7-5-12-6-8-13/h2-10,20H,11-14H2,1H3;2-6,10H,1H3,(H,20,21);1-4,12H,5-8H2. The lowest BCUT2D eigenvalue weighted by molar-refractivity contribution is -0.144. The summed E-state index contributed by atoms with van der Waals surface area (Å²) in [5.74, 6) is -1.65. The van der Waals surface area contributed by atoms with Gasteiger partial charge in [-0.25, -0.2) is 9.48 Å². The van der Waals surface area contributed by atoms with Gasteiger partial charge in [0, 0.05) is 73.8 Å². The van der Waals surface area contributed by atoms with Gasteiger partial charge in [0.25, 0.3) is 5.91 Å². The van der Waals surface area contributed by atoms with Crippen molar-refractivity contribution in [3.63, 3.8) is 0 Å². The monoisotopic (exact) mass is 1010 g/mol. The van der Waals surface area contributed by atoms with Crippen LogP contribution in [0.15, 0.2) is 109 Å². The van der Waals surface area contributed by atoms with Crippen LogP contribution in [0.5, 0.6) is 0 Å². The van der Waals surface area contributed by atoms with E-state index in [-0.39, 0.29) is 17.3 Å². The summed E-state index contributed by atoms with van der Waals surface area (Å²) < 4.78 is 80.5. The summed E-state index contributed by atoms with van der Waals surface area (Å²) in [4.78, 5) is 31.2. The van der Waals surface area contributed by atoms with E-state index in [0.717, 1.165) is 46.3 Å². The Balaban J connectivity index is 0.000000185. The quantitative estimate of drug-likeness (QED) is 0.145. The molecule has 2 aliphatic rings. The first-order valence-corrected chi connectivity index (χ1v) is 22.2. The third-order valence-electron chi connectivity index (χ3n) is 11.0. The van der Waals surface area contributed by atoms with Crippen molar-refractivity contribution in [2.45, 2.75) is 38.3 Å². The van der Waals surface area contributed by atoms with Crippen LogP contribution in [0.1, 0.15) is 46.0 Å². The number of alkyl halides is 6. The lowest BCUT2D eigenvalue weighted by Crippen LogP contribution is -2.51. The third kappa shape index (κ3) is 12.6. The fourth-order valence-electron chi connectivity index (χ4n) is 7.49. The number of halogens is 10. The van der Waals surface area contributed by atoms with Crippen LogP contribution in [0.2, 0.25) is 20.1 Å². The van der Waals surface area contributed by atoms with Crippen LogP contribution in [-0.2, 0) is 21.9 Å². The number of nitrogens with zero attached hydrogens (tertiary/aromatic N) is 7. The van der Waals surface area contributed by atoms with Gasteiger partial charge in [0.05, 0.1) is 21.4 Å². The number of piperazine rings is 2. The molecule has 21 heteroatoms. The second-order valence-corrected chi connectivity index (χ2v) is 17.0. The van der Waals surface area contributed by atoms with Crippen molar-refractivity contribution in [3.8, 4) is 0 Å². The van der Waals surface area contributed by atoms with Crippen molar-refractivity contribution in [3.05, 3.63) is 163 Å². The lowest BCUT2D eigenvalue weighted by atomic mass is 10.0. The summed E-state index contributed by atoms with van der Waals surface area (Å²) in [6.07, 6.45) is -9.46. The Morgan fingerprint density at radius 1 is 0.567 bits per heavy atom. The van der Waals surface area contributed by atoms with Crippen LogP contribution in [0, 0.1) is 13.8 Å². The van der Waals surface area contributed by atoms with Gasteiger partial charge in [-0.05, 0) is 73.5 Å². The highest BCUT2D eigenvalue weighted by Crippen LogP contribution is 2.39. The first kappa shape index (κ1) is 50.9. The van der Waals surface area contributed by atoms with E-state index < -0.39 is 51.8 Å². The number of carboxylic acids is 1. The molecule has 2 fully saturated rings. The SMILES string of the molecule is Cc1c(Cl)c(C(F)(F)F)nn1C(C(=O)N1CCN(c2ccc(Cl)cc2)CC1)c1ccccc1.Cc1c(Cl)c(C(F)(F)F)nn1C(C(=O)O)c1ccccc1.Clc1ccc(N2CCNCC2)cc1. The highest BCUT2D eigenvalue weighted by molar-refractivity contribution is 6.32. The first-order valence-electron chi connectivity index (χ1n) is 20.7. The zero-order chi connectivity index (χ0) is 48.6. The molecule has 11 nitrogen and oxygen atoms in total. The predicted molar refractivity (Wildman–Crippen MR) is 248 cm³/mol. The molecule has 4 heterocycles. The molecule has 0 saturated carbocycles. The highest BCUT2D eigenvalue weighted by Gasteiger charge is 2.42. The molecule has 4 aromatic carbocycles. The summed E-state index contributed by atoms with van der Waals surface area (Å²) in [7, 11) is 0. The number of rotatable bonds is 8. The number of carboxylic acid groups (broad SMARTS) is 1. The number of carbonyl (C=O) groups excluding carboxylic acids is 1. The molecule has 2 unspecified atom stereocenters. The van der Waals surface area contributed by atoms with Crippen molar-refractivity contribution < 1.29 is 41.0 Å². The van der Waals surface area contributed by atoms with Crippen LogP contribution in [0.4, 0.5) is 37.7 Å². The van der Waals surface area contributed by atoms with Crippen molar-refractivity contribution in [2.75, 3.05) is 62.2 Å². The average molecular weight is 1010 g/mol. The highest BCUT2D eigenvalue weighted by atomic mass is 35.5. The second kappa shape index (κ2) is 22.1. The molecular formula is C46H44Cl4F6N8O3. The number of aromatic nitrogens is 4. The molecule has 67 heavy (non-hydrogen) atoms. The molecule has 0 radical (unpaired) electrons. The van der Waals surface area contributed by atoms with E-state index in [2.05, 4.69) is 37.4 Å². The minimum Gasteiger partial charge on any atom is -0.479 e.